The van der Waals surface area contributed by atoms with E-state index < -0.39 is 0 Å². The monoisotopic (exact) mass is 252 g/mol. The van der Waals surface area contributed by atoms with Gasteiger partial charge in [0.05, 0.1) is 10.7 Å². The van der Waals surface area contributed by atoms with Crippen molar-refractivity contribution in [3.8, 4) is 0 Å². The molecule has 0 atom stereocenters. The molecule has 1 aliphatic carbocycles. The van der Waals surface area contributed by atoms with Crippen molar-refractivity contribution in [1.29, 1.82) is 0 Å². The van der Waals surface area contributed by atoms with Crippen LogP contribution in [0.3, 0.4) is 0 Å². The predicted octanol–water partition coefficient (Wildman–Crippen LogP) is 3.21. The quantitative estimate of drug-likeness (QED) is 0.821. The Morgan fingerprint density at radius 3 is 2.41 bits per heavy atom. The van der Waals surface area contributed by atoms with Crippen LogP contribution in [0.1, 0.15) is 58.9 Å². The molecule has 0 aliphatic heterocycles. The maximum atomic E-state index is 12.1. The smallest absolute Gasteiger partial charge is 0.263 e. The average Bonchev–Trinajstić information content (AvgIpc) is 2.51. The van der Waals surface area contributed by atoms with Crippen molar-refractivity contribution in [1.82, 2.24) is 10.3 Å². The normalized spacial score (nSPS) is 17.8. The first kappa shape index (κ1) is 12.6. The van der Waals surface area contributed by atoms with Crippen LogP contribution in [-0.2, 0) is 0 Å². The Bertz CT molecular complexity index is 392. The lowest BCUT2D eigenvalue weighted by Gasteiger charge is -2.15. The summed E-state index contributed by atoms with van der Waals surface area (Å²) in [4.78, 5) is 17.2. The molecule has 0 aromatic carbocycles. The maximum absolute atomic E-state index is 12.1. The predicted molar refractivity (Wildman–Crippen MR) is 70.5 cm³/mol. The van der Waals surface area contributed by atoms with Crippen molar-refractivity contribution >= 4 is 17.2 Å². The SMILES string of the molecule is Cc1nc(C)c(C(=O)NC2CCCCCC2)s1. The molecule has 1 saturated carbocycles. The van der Waals surface area contributed by atoms with Gasteiger partial charge in [-0.15, -0.1) is 11.3 Å². The highest BCUT2D eigenvalue weighted by Gasteiger charge is 2.18. The van der Waals surface area contributed by atoms with E-state index >= 15 is 0 Å². The van der Waals surface area contributed by atoms with Crippen molar-refractivity contribution in [2.75, 3.05) is 0 Å². The Hall–Kier alpha value is -0.900. The Morgan fingerprint density at radius 2 is 1.88 bits per heavy atom. The van der Waals surface area contributed by atoms with E-state index in [0.29, 0.717) is 6.04 Å². The number of thiazole rings is 1. The number of amides is 1. The van der Waals surface area contributed by atoms with Gasteiger partial charge in [0.25, 0.3) is 5.91 Å². The summed E-state index contributed by atoms with van der Waals surface area (Å²) in [6.45, 7) is 3.85. The molecular formula is C13H20N2OS. The Balaban J connectivity index is 1.98. The van der Waals surface area contributed by atoms with Gasteiger partial charge in [0.2, 0.25) is 0 Å². The highest BCUT2D eigenvalue weighted by atomic mass is 32.1. The first-order valence-electron chi connectivity index (χ1n) is 6.41. The minimum Gasteiger partial charge on any atom is -0.349 e. The zero-order chi connectivity index (χ0) is 12.3. The summed E-state index contributed by atoms with van der Waals surface area (Å²) in [7, 11) is 0. The number of carbonyl (C=O) groups excluding carboxylic acids is 1. The molecule has 1 aromatic rings. The zero-order valence-corrected chi connectivity index (χ0v) is 11.4. The van der Waals surface area contributed by atoms with Crippen LogP contribution in [0.2, 0.25) is 0 Å². The molecule has 0 saturated heterocycles. The number of rotatable bonds is 2. The molecule has 0 bridgehead atoms. The molecule has 0 radical (unpaired) electrons. The van der Waals surface area contributed by atoms with E-state index in [0.717, 1.165) is 28.4 Å². The topological polar surface area (TPSA) is 42.0 Å². The van der Waals surface area contributed by atoms with Crippen LogP contribution >= 0.6 is 11.3 Å². The van der Waals surface area contributed by atoms with Crippen LogP contribution in [-0.4, -0.2) is 16.9 Å². The van der Waals surface area contributed by atoms with Crippen LogP contribution in [0, 0.1) is 13.8 Å². The first-order chi connectivity index (χ1) is 8.16. The van der Waals surface area contributed by atoms with Crippen molar-refractivity contribution in [3.63, 3.8) is 0 Å². The third-order valence-corrected chi connectivity index (χ3v) is 4.37. The molecular weight excluding hydrogens is 232 g/mol. The molecule has 1 amide bonds. The fourth-order valence-electron chi connectivity index (χ4n) is 2.42. The van der Waals surface area contributed by atoms with Crippen molar-refractivity contribution in [3.05, 3.63) is 15.6 Å². The summed E-state index contributed by atoms with van der Waals surface area (Å²) in [6.07, 6.45) is 7.36. The lowest BCUT2D eigenvalue weighted by atomic mass is 10.1. The average molecular weight is 252 g/mol. The van der Waals surface area contributed by atoms with Crippen LogP contribution in [0.5, 0.6) is 0 Å². The van der Waals surface area contributed by atoms with Gasteiger partial charge in [-0.05, 0) is 26.7 Å². The lowest BCUT2D eigenvalue weighted by Crippen LogP contribution is -2.34. The maximum Gasteiger partial charge on any atom is 0.263 e. The number of hydrogen-bond donors (Lipinski definition) is 1. The highest BCUT2D eigenvalue weighted by molar-refractivity contribution is 7.13. The fraction of sp³-hybridized carbons (Fsp3) is 0.692. The Kier molecular flexibility index (Phi) is 4.15. The molecule has 1 aliphatic rings. The Morgan fingerprint density at radius 1 is 1.24 bits per heavy atom. The van der Waals surface area contributed by atoms with Gasteiger partial charge in [-0.3, -0.25) is 4.79 Å². The third-order valence-electron chi connectivity index (χ3n) is 3.30. The number of nitrogens with zero attached hydrogens (tertiary/aromatic N) is 1. The number of nitrogens with one attached hydrogen (secondary N) is 1. The zero-order valence-electron chi connectivity index (χ0n) is 10.6. The van der Waals surface area contributed by atoms with E-state index in [1.807, 2.05) is 13.8 Å². The molecule has 0 spiro atoms. The van der Waals surface area contributed by atoms with E-state index in [1.54, 1.807) is 0 Å². The van der Waals surface area contributed by atoms with E-state index in [2.05, 4.69) is 10.3 Å². The molecule has 0 unspecified atom stereocenters. The fourth-order valence-corrected chi connectivity index (χ4v) is 3.24. The minimum absolute atomic E-state index is 0.0694. The number of aromatic nitrogens is 1. The summed E-state index contributed by atoms with van der Waals surface area (Å²) in [5, 5.41) is 4.13. The van der Waals surface area contributed by atoms with Gasteiger partial charge in [0, 0.05) is 6.04 Å². The van der Waals surface area contributed by atoms with Gasteiger partial charge in [-0.25, -0.2) is 4.98 Å². The number of carbonyl (C=O) groups is 1. The van der Waals surface area contributed by atoms with E-state index in [-0.39, 0.29) is 5.91 Å². The molecule has 2 rings (SSSR count). The second kappa shape index (κ2) is 5.63. The Labute approximate surface area is 107 Å². The molecule has 1 heterocycles. The van der Waals surface area contributed by atoms with Gasteiger partial charge in [0.15, 0.2) is 0 Å². The van der Waals surface area contributed by atoms with Gasteiger partial charge in [-0.1, -0.05) is 25.7 Å². The number of aryl methyl sites for hydroxylation is 2. The van der Waals surface area contributed by atoms with Gasteiger partial charge < -0.3 is 5.32 Å². The first-order valence-corrected chi connectivity index (χ1v) is 7.23. The molecule has 1 N–H and O–H groups in total. The lowest BCUT2D eigenvalue weighted by molar-refractivity contribution is 0.0936. The standard InChI is InChI=1S/C13H20N2OS/c1-9-12(17-10(2)14-9)13(16)15-11-7-5-3-4-6-8-11/h11H,3-8H2,1-2H3,(H,15,16). The molecule has 1 aromatic heterocycles. The van der Waals surface area contributed by atoms with E-state index in [1.165, 1.54) is 37.0 Å². The summed E-state index contributed by atoms with van der Waals surface area (Å²) in [5.74, 6) is 0.0694. The molecule has 1 fully saturated rings. The second-order valence-electron chi connectivity index (χ2n) is 4.81. The van der Waals surface area contributed by atoms with E-state index in [9.17, 15) is 4.79 Å². The summed E-state index contributed by atoms with van der Waals surface area (Å²) in [5.41, 5.74) is 0.860. The van der Waals surface area contributed by atoms with Gasteiger partial charge >= 0.3 is 0 Å². The van der Waals surface area contributed by atoms with Crippen LogP contribution in [0.4, 0.5) is 0 Å². The second-order valence-corrected chi connectivity index (χ2v) is 6.01. The molecule has 17 heavy (non-hydrogen) atoms. The van der Waals surface area contributed by atoms with Crippen LogP contribution < -0.4 is 5.32 Å². The van der Waals surface area contributed by atoms with Crippen molar-refractivity contribution in [2.45, 2.75) is 58.4 Å². The summed E-state index contributed by atoms with van der Waals surface area (Å²) < 4.78 is 0. The third kappa shape index (κ3) is 3.28. The summed E-state index contributed by atoms with van der Waals surface area (Å²) >= 11 is 1.49. The van der Waals surface area contributed by atoms with E-state index in [4.69, 9.17) is 0 Å². The molecule has 94 valence electrons. The van der Waals surface area contributed by atoms with Crippen molar-refractivity contribution < 1.29 is 4.79 Å². The van der Waals surface area contributed by atoms with Crippen LogP contribution in [0.15, 0.2) is 0 Å². The van der Waals surface area contributed by atoms with Crippen LogP contribution in [0.25, 0.3) is 0 Å². The van der Waals surface area contributed by atoms with Crippen molar-refractivity contribution in [2.24, 2.45) is 0 Å². The molecule has 3 nitrogen and oxygen atoms in total. The van der Waals surface area contributed by atoms with Gasteiger partial charge in [-0.2, -0.15) is 0 Å². The number of hydrogen-bond acceptors (Lipinski definition) is 3. The van der Waals surface area contributed by atoms with Gasteiger partial charge in [0.1, 0.15) is 4.88 Å². The highest BCUT2D eigenvalue weighted by Crippen LogP contribution is 2.20. The largest absolute Gasteiger partial charge is 0.349 e. The molecule has 4 heteroatoms. The summed E-state index contributed by atoms with van der Waals surface area (Å²) in [6, 6.07) is 0.367. The minimum atomic E-state index is 0.0694.